The molecule has 1 saturated heterocycles. The Morgan fingerprint density at radius 1 is 1.35 bits per heavy atom. The van der Waals surface area contributed by atoms with Gasteiger partial charge in [0.25, 0.3) is 0 Å². The number of piperidine rings is 1. The van der Waals surface area contributed by atoms with E-state index in [2.05, 4.69) is 10.6 Å². The highest BCUT2D eigenvalue weighted by Crippen LogP contribution is 2.43. The number of aromatic hydroxyl groups is 1. The van der Waals surface area contributed by atoms with Crippen LogP contribution in [0.15, 0.2) is 18.2 Å². The third-order valence-electron chi connectivity index (χ3n) is 4.05. The first-order valence-electron chi connectivity index (χ1n) is 6.21. The number of rotatable bonds is 1. The molecule has 2 aliphatic rings. The van der Waals surface area contributed by atoms with Crippen LogP contribution in [0.5, 0.6) is 5.75 Å². The summed E-state index contributed by atoms with van der Waals surface area (Å²) in [5, 5.41) is 26.3. The van der Waals surface area contributed by atoms with E-state index in [-0.39, 0.29) is 18.3 Å². The topological polar surface area (TPSA) is 64.5 Å². The molecule has 0 aromatic heterocycles. The Labute approximate surface area is 101 Å². The molecule has 1 aromatic rings. The number of phenolic OH excluding ortho intramolecular Hbond substituents is 1. The van der Waals surface area contributed by atoms with Crippen LogP contribution in [0.4, 0.5) is 5.69 Å². The molecule has 0 spiro atoms. The molecule has 0 radical (unpaired) electrons. The van der Waals surface area contributed by atoms with Crippen LogP contribution in [0.25, 0.3) is 0 Å². The Morgan fingerprint density at radius 2 is 2.24 bits per heavy atom. The number of aliphatic hydroxyl groups is 1. The lowest BCUT2D eigenvalue weighted by Crippen LogP contribution is -2.49. The molecular weight excluding hydrogens is 216 g/mol. The number of benzene rings is 1. The summed E-state index contributed by atoms with van der Waals surface area (Å²) in [7, 11) is 0. The molecule has 4 heteroatoms. The van der Waals surface area contributed by atoms with Crippen molar-refractivity contribution < 1.29 is 10.2 Å². The number of para-hydroxylation sites is 1. The van der Waals surface area contributed by atoms with E-state index in [1.165, 1.54) is 0 Å². The van der Waals surface area contributed by atoms with Crippen molar-refractivity contribution in [1.29, 1.82) is 0 Å². The maximum atomic E-state index is 9.90. The molecule has 92 valence electrons. The van der Waals surface area contributed by atoms with Crippen molar-refractivity contribution in [3.8, 4) is 5.75 Å². The lowest BCUT2D eigenvalue weighted by atomic mass is 9.75. The van der Waals surface area contributed by atoms with Crippen molar-refractivity contribution in [1.82, 2.24) is 5.32 Å². The minimum Gasteiger partial charge on any atom is -0.506 e. The van der Waals surface area contributed by atoms with Crippen LogP contribution in [0.2, 0.25) is 0 Å². The normalized spacial score (nSPS) is 31.2. The molecule has 0 saturated carbocycles. The number of hydrogen-bond donors (Lipinski definition) is 4. The van der Waals surface area contributed by atoms with Gasteiger partial charge in [-0.05, 0) is 24.6 Å². The van der Waals surface area contributed by atoms with Gasteiger partial charge in [-0.1, -0.05) is 12.1 Å². The lowest BCUT2D eigenvalue weighted by Gasteiger charge is -2.43. The highest BCUT2D eigenvalue weighted by molar-refractivity contribution is 5.65. The van der Waals surface area contributed by atoms with Crippen LogP contribution in [0.1, 0.15) is 17.9 Å². The van der Waals surface area contributed by atoms with Crippen molar-refractivity contribution >= 4 is 5.69 Å². The van der Waals surface area contributed by atoms with Gasteiger partial charge in [0.05, 0.1) is 12.3 Å². The molecule has 3 rings (SSSR count). The number of nitrogens with one attached hydrogen (secondary N) is 2. The summed E-state index contributed by atoms with van der Waals surface area (Å²) < 4.78 is 0. The van der Waals surface area contributed by atoms with E-state index in [9.17, 15) is 10.2 Å². The molecule has 3 atom stereocenters. The van der Waals surface area contributed by atoms with E-state index < -0.39 is 0 Å². The Kier molecular flexibility index (Phi) is 2.68. The average molecular weight is 234 g/mol. The predicted molar refractivity (Wildman–Crippen MR) is 66.3 cm³/mol. The van der Waals surface area contributed by atoms with Gasteiger partial charge in [0.1, 0.15) is 5.75 Å². The van der Waals surface area contributed by atoms with Gasteiger partial charge in [0, 0.05) is 24.4 Å². The van der Waals surface area contributed by atoms with Crippen molar-refractivity contribution in [3.63, 3.8) is 0 Å². The van der Waals surface area contributed by atoms with E-state index in [4.69, 9.17) is 0 Å². The van der Waals surface area contributed by atoms with E-state index in [0.717, 1.165) is 30.8 Å². The third-order valence-corrected chi connectivity index (χ3v) is 4.05. The van der Waals surface area contributed by atoms with Crippen molar-refractivity contribution in [2.75, 3.05) is 25.0 Å². The summed E-state index contributed by atoms with van der Waals surface area (Å²) >= 11 is 0. The monoisotopic (exact) mass is 234 g/mol. The molecule has 0 amide bonds. The van der Waals surface area contributed by atoms with Crippen LogP contribution in [0, 0.1) is 5.92 Å². The molecule has 1 aromatic carbocycles. The Balaban J connectivity index is 2.04. The third kappa shape index (κ3) is 1.68. The Morgan fingerprint density at radius 3 is 3.06 bits per heavy atom. The van der Waals surface area contributed by atoms with E-state index >= 15 is 0 Å². The number of fused-ring (bicyclic) bond motifs is 2. The van der Waals surface area contributed by atoms with Crippen molar-refractivity contribution in [2.45, 2.75) is 18.4 Å². The zero-order valence-electron chi connectivity index (χ0n) is 9.69. The van der Waals surface area contributed by atoms with Gasteiger partial charge in [0.2, 0.25) is 0 Å². The van der Waals surface area contributed by atoms with Crippen LogP contribution in [-0.4, -0.2) is 36.0 Å². The number of hydrogen-bond acceptors (Lipinski definition) is 4. The van der Waals surface area contributed by atoms with Crippen LogP contribution < -0.4 is 10.6 Å². The Bertz CT molecular complexity index is 422. The highest BCUT2D eigenvalue weighted by atomic mass is 16.3. The summed E-state index contributed by atoms with van der Waals surface area (Å²) in [5.41, 5.74) is 1.85. The minimum absolute atomic E-state index is 0.121. The van der Waals surface area contributed by atoms with Crippen LogP contribution in [0.3, 0.4) is 0 Å². The number of phenols is 1. The molecule has 4 nitrogen and oxygen atoms in total. The smallest absolute Gasteiger partial charge is 0.138 e. The van der Waals surface area contributed by atoms with Gasteiger partial charge in [0.15, 0.2) is 0 Å². The molecule has 1 fully saturated rings. The fourth-order valence-corrected chi connectivity index (χ4v) is 3.16. The van der Waals surface area contributed by atoms with Gasteiger partial charge < -0.3 is 20.8 Å². The first kappa shape index (κ1) is 10.9. The highest BCUT2D eigenvalue weighted by Gasteiger charge is 2.38. The zero-order chi connectivity index (χ0) is 11.8. The van der Waals surface area contributed by atoms with E-state index in [1.807, 2.05) is 12.1 Å². The fraction of sp³-hybridized carbons (Fsp3) is 0.538. The summed E-state index contributed by atoms with van der Waals surface area (Å²) in [4.78, 5) is 0. The van der Waals surface area contributed by atoms with Gasteiger partial charge >= 0.3 is 0 Å². The molecule has 17 heavy (non-hydrogen) atoms. The van der Waals surface area contributed by atoms with Crippen molar-refractivity contribution in [2.24, 2.45) is 5.92 Å². The molecule has 2 aliphatic heterocycles. The first-order valence-corrected chi connectivity index (χ1v) is 6.21. The number of aliphatic hydroxyl groups excluding tert-OH is 1. The molecule has 0 bridgehead atoms. The summed E-state index contributed by atoms with van der Waals surface area (Å²) in [5.74, 6) is 0.817. The zero-order valence-corrected chi connectivity index (χ0v) is 9.69. The molecule has 2 heterocycles. The molecule has 0 aliphatic carbocycles. The van der Waals surface area contributed by atoms with Gasteiger partial charge in [-0.25, -0.2) is 0 Å². The summed E-state index contributed by atoms with van der Waals surface area (Å²) in [6, 6.07) is 5.89. The predicted octanol–water partition coefficient (Wildman–Crippen LogP) is 0.872. The Hall–Kier alpha value is -1.26. The average Bonchev–Trinajstić information content (AvgIpc) is 2.37. The van der Waals surface area contributed by atoms with Gasteiger partial charge in [-0.2, -0.15) is 0 Å². The van der Waals surface area contributed by atoms with E-state index in [1.54, 1.807) is 6.07 Å². The molecule has 4 N–H and O–H groups in total. The molecular formula is C13H18N2O2. The van der Waals surface area contributed by atoms with E-state index in [0.29, 0.717) is 12.0 Å². The summed E-state index contributed by atoms with van der Waals surface area (Å²) in [6.45, 7) is 2.06. The first-order chi connectivity index (χ1) is 8.31. The SMILES string of the molecule is OCC1c2cccc(O)c2NC2CCNCC21. The summed E-state index contributed by atoms with van der Waals surface area (Å²) in [6.07, 6.45) is 1.04. The number of anilines is 1. The van der Waals surface area contributed by atoms with Gasteiger partial charge in [-0.15, -0.1) is 0 Å². The maximum absolute atomic E-state index is 9.90. The van der Waals surface area contributed by atoms with Crippen molar-refractivity contribution in [3.05, 3.63) is 23.8 Å². The van der Waals surface area contributed by atoms with Crippen LogP contribution in [-0.2, 0) is 0 Å². The second kappa shape index (κ2) is 4.20. The second-order valence-corrected chi connectivity index (χ2v) is 4.94. The molecule has 3 unspecified atom stereocenters. The largest absolute Gasteiger partial charge is 0.506 e. The minimum atomic E-state index is 0.121. The quantitative estimate of drug-likeness (QED) is 0.545. The van der Waals surface area contributed by atoms with Crippen LogP contribution >= 0.6 is 0 Å². The standard InChI is InChI=1S/C13H18N2O2/c16-7-10-8-2-1-3-12(17)13(8)15-11-4-5-14-6-9(10)11/h1-3,9-11,14-17H,4-7H2. The van der Waals surface area contributed by atoms with Gasteiger partial charge in [-0.3, -0.25) is 0 Å². The lowest BCUT2D eigenvalue weighted by molar-refractivity contribution is 0.188. The fourth-order valence-electron chi connectivity index (χ4n) is 3.16. The maximum Gasteiger partial charge on any atom is 0.138 e. The second-order valence-electron chi connectivity index (χ2n) is 4.94.